The van der Waals surface area contributed by atoms with Gasteiger partial charge in [0.2, 0.25) is 0 Å². The molecule has 1 aliphatic rings. The van der Waals surface area contributed by atoms with Gasteiger partial charge in [-0.2, -0.15) is 0 Å². The molecule has 27 heavy (non-hydrogen) atoms. The lowest BCUT2D eigenvalue weighted by Gasteiger charge is -2.14. The minimum absolute atomic E-state index is 0. The summed E-state index contributed by atoms with van der Waals surface area (Å²) in [6.07, 6.45) is 2.79. The van der Waals surface area contributed by atoms with E-state index in [1.807, 2.05) is 6.92 Å². The molecule has 0 heterocycles. The van der Waals surface area contributed by atoms with Gasteiger partial charge in [-0.05, 0) is 56.4 Å². The van der Waals surface area contributed by atoms with Crippen LogP contribution in [0.15, 0.2) is 29.3 Å². The van der Waals surface area contributed by atoms with Gasteiger partial charge in [-0.15, -0.1) is 24.0 Å². The molecular weight excluding hydrogens is 464 g/mol. The Morgan fingerprint density at radius 2 is 2.04 bits per heavy atom. The molecule has 0 aromatic heterocycles. The quantitative estimate of drug-likeness (QED) is 0.180. The van der Waals surface area contributed by atoms with E-state index in [0.717, 1.165) is 38.6 Å². The number of nitrogens with one attached hydrogen (secondary N) is 2. The molecule has 3 N–H and O–H groups in total. The van der Waals surface area contributed by atoms with E-state index in [0.29, 0.717) is 11.7 Å². The molecule has 0 aliphatic heterocycles. The van der Waals surface area contributed by atoms with E-state index in [1.165, 1.54) is 37.1 Å². The second kappa shape index (κ2) is 14.0. The number of aliphatic hydroxyl groups is 1. The van der Waals surface area contributed by atoms with Crippen LogP contribution in [-0.2, 0) is 4.74 Å². The molecule has 1 aromatic carbocycles. The van der Waals surface area contributed by atoms with Crippen molar-refractivity contribution in [2.75, 3.05) is 39.5 Å². The summed E-state index contributed by atoms with van der Waals surface area (Å²) in [7, 11) is 0. The lowest BCUT2D eigenvalue weighted by atomic mass is 10.3. The minimum Gasteiger partial charge on any atom is -0.491 e. The number of halogens is 2. The van der Waals surface area contributed by atoms with Crippen LogP contribution >= 0.6 is 24.0 Å². The van der Waals surface area contributed by atoms with Crippen LogP contribution in [0.25, 0.3) is 0 Å². The second-order valence-electron chi connectivity index (χ2n) is 6.44. The molecule has 0 amide bonds. The Kier molecular flexibility index (Phi) is 12.4. The Bertz CT molecular complexity index is 542. The van der Waals surface area contributed by atoms with Crippen LogP contribution in [0.2, 0.25) is 0 Å². The molecule has 1 aromatic rings. The third-order valence-corrected chi connectivity index (χ3v) is 3.87. The van der Waals surface area contributed by atoms with Gasteiger partial charge in [0, 0.05) is 26.3 Å². The fourth-order valence-electron chi connectivity index (χ4n) is 2.23. The lowest BCUT2D eigenvalue weighted by molar-refractivity contribution is 0.114. The fraction of sp³-hybridized carbons (Fsp3) is 0.632. The van der Waals surface area contributed by atoms with Gasteiger partial charge < -0.3 is 25.2 Å². The Hall–Kier alpha value is -1.13. The van der Waals surface area contributed by atoms with Crippen molar-refractivity contribution in [3.8, 4) is 5.75 Å². The summed E-state index contributed by atoms with van der Waals surface area (Å²) in [4.78, 5) is 4.36. The predicted molar refractivity (Wildman–Crippen MR) is 115 cm³/mol. The zero-order valence-electron chi connectivity index (χ0n) is 15.8. The Balaban J connectivity index is 0.00000364. The Morgan fingerprint density at radius 3 is 2.70 bits per heavy atom. The molecule has 0 bridgehead atoms. The maximum atomic E-state index is 12.8. The van der Waals surface area contributed by atoms with Gasteiger partial charge >= 0.3 is 0 Å². The monoisotopic (exact) mass is 495 g/mol. The highest BCUT2D eigenvalue weighted by atomic mass is 127. The topological polar surface area (TPSA) is 75.1 Å². The second-order valence-corrected chi connectivity index (χ2v) is 6.44. The summed E-state index contributed by atoms with van der Waals surface area (Å²) in [6, 6.07) is 5.70. The number of nitrogens with zero attached hydrogens (tertiary/aromatic N) is 1. The first kappa shape index (κ1) is 23.9. The zero-order chi connectivity index (χ0) is 18.6. The highest BCUT2D eigenvalue weighted by molar-refractivity contribution is 14.0. The van der Waals surface area contributed by atoms with Gasteiger partial charge in [0.05, 0.1) is 6.54 Å². The molecule has 1 saturated carbocycles. The third kappa shape index (κ3) is 11.3. The van der Waals surface area contributed by atoms with E-state index in [-0.39, 0.29) is 42.9 Å². The number of hydrogen-bond acceptors (Lipinski definition) is 4. The van der Waals surface area contributed by atoms with Gasteiger partial charge in [-0.3, -0.25) is 4.99 Å². The summed E-state index contributed by atoms with van der Waals surface area (Å²) in [5, 5.41) is 16.4. The smallest absolute Gasteiger partial charge is 0.191 e. The van der Waals surface area contributed by atoms with Gasteiger partial charge in [0.25, 0.3) is 0 Å². The summed E-state index contributed by atoms with van der Waals surface area (Å²) >= 11 is 0. The summed E-state index contributed by atoms with van der Waals surface area (Å²) in [5.74, 6) is 1.66. The first-order valence-corrected chi connectivity index (χ1v) is 9.33. The number of benzene rings is 1. The molecule has 154 valence electrons. The normalized spacial score (nSPS) is 15.0. The third-order valence-electron chi connectivity index (χ3n) is 3.87. The maximum Gasteiger partial charge on any atom is 0.191 e. The van der Waals surface area contributed by atoms with Crippen molar-refractivity contribution < 1.29 is 19.0 Å². The minimum atomic E-state index is -0.739. The summed E-state index contributed by atoms with van der Waals surface area (Å²) < 4.78 is 23.9. The fourth-order valence-corrected chi connectivity index (χ4v) is 2.23. The zero-order valence-corrected chi connectivity index (χ0v) is 18.2. The summed E-state index contributed by atoms with van der Waals surface area (Å²) in [5.41, 5.74) is 0. The van der Waals surface area contributed by atoms with E-state index in [2.05, 4.69) is 15.6 Å². The van der Waals surface area contributed by atoms with Crippen LogP contribution in [0.4, 0.5) is 4.39 Å². The van der Waals surface area contributed by atoms with Gasteiger partial charge in [-0.1, -0.05) is 0 Å². The van der Waals surface area contributed by atoms with Gasteiger partial charge in [0.15, 0.2) is 5.96 Å². The highest BCUT2D eigenvalue weighted by Gasteiger charge is 2.20. The average Bonchev–Trinajstić information content (AvgIpc) is 3.46. The summed E-state index contributed by atoms with van der Waals surface area (Å²) in [6.45, 7) is 5.44. The van der Waals surface area contributed by atoms with Crippen molar-refractivity contribution in [3.63, 3.8) is 0 Å². The van der Waals surface area contributed by atoms with Crippen LogP contribution in [0.3, 0.4) is 0 Å². The molecule has 1 aliphatic carbocycles. The number of ether oxygens (including phenoxy) is 2. The standard InChI is InChI=1S/C19H30FN3O3.HI/c1-2-21-19(22-10-3-11-25-13-15-4-5-15)23-12-17(24)14-26-18-8-6-16(20)7-9-18;/h6-9,15,17,24H,2-5,10-14H2,1H3,(H2,21,22,23);1H. The van der Waals surface area contributed by atoms with E-state index >= 15 is 0 Å². The van der Waals surface area contributed by atoms with Crippen molar-refractivity contribution in [3.05, 3.63) is 30.1 Å². The molecule has 1 atom stereocenters. The van der Waals surface area contributed by atoms with Crippen molar-refractivity contribution in [1.29, 1.82) is 0 Å². The number of rotatable bonds is 12. The number of guanidine groups is 1. The maximum absolute atomic E-state index is 12.8. The number of hydrogen-bond donors (Lipinski definition) is 3. The highest BCUT2D eigenvalue weighted by Crippen LogP contribution is 2.28. The molecule has 6 nitrogen and oxygen atoms in total. The van der Waals surface area contributed by atoms with Crippen molar-refractivity contribution in [2.45, 2.75) is 32.3 Å². The molecule has 2 rings (SSSR count). The van der Waals surface area contributed by atoms with Crippen molar-refractivity contribution in [2.24, 2.45) is 10.9 Å². The van der Waals surface area contributed by atoms with E-state index < -0.39 is 6.10 Å². The SMILES string of the molecule is CCNC(=NCC(O)COc1ccc(F)cc1)NCCCOCC1CC1.I. The predicted octanol–water partition coefficient (Wildman–Crippen LogP) is 2.56. The number of aliphatic hydroxyl groups excluding tert-OH is 1. The van der Waals surface area contributed by atoms with Gasteiger partial charge in [0.1, 0.15) is 24.3 Å². The Morgan fingerprint density at radius 1 is 1.30 bits per heavy atom. The van der Waals surface area contributed by atoms with Crippen LogP contribution in [0, 0.1) is 11.7 Å². The molecule has 0 saturated heterocycles. The molecule has 1 unspecified atom stereocenters. The van der Waals surface area contributed by atoms with Crippen LogP contribution in [-0.4, -0.2) is 56.6 Å². The molecule has 0 radical (unpaired) electrons. The lowest BCUT2D eigenvalue weighted by Crippen LogP contribution is -2.39. The average molecular weight is 495 g/mol. The first-order chi connectivity index (χ1) is 12.7. The largest absolute Gasteiger partial charge is 0.491 e. The van der Waals surface area contributed by atoms with Crippen molar-refractivity contribution >= 4 is 29.9 Å². The van der Waals surface area contributed by atoms with E-state index in [4.69, 9.17) is 9.47 Å². The Labute approximate surface area is 177 Å². The molecular formula is C19H31FIN3O3. The van der Waals surface area contributed by atoms with Crippen LogP contribution in [0.5, 0.6) is 5.75 Å². The van der Waals surface area contributed by atoms with Crippen LogP contribution in [0.1, 0.15) is 26.2 Å². The van der Waals surface area contributed by atoms with Gasteiger partial charge in [-0.25, -0.2) is 4.39 Å². The van der Waals surface area contributed by atoms with Crippen LogP contribution < -0.4 is 15.4 Å². The van der Waals surface area contributed by atoms with E-state index in [9.17, 15) is 9.50 Å². The molecule has 8 heteroatoms. The number of aliphatic imine (C=N–C) groups is 1. The molecule has 1 fully saturated rings. The van der Waals surface area contributed by atoms with E-state index in [1.54, 1.807) is 0 Å². The molecule has 0 spiro atoms. The van der Waals surface area contributed by atoms with Crippen molar-refractivity contribution in [1.82, 2.24) is 10.6 Å². The first-order valence-electron chi connectivity index (χ1n) is 9.33.